The van der Waals surface area contributed by atoms with E-state index in [1.165, 1.54) is 45.6 Å². The Morgan fingerprint density at radius 3 is 1.95 bits per heavy atom. The van der Waals surface area contributed by atoms with Crippen molar-refractivity contribution >= 4 is 39.2 Å². The van der Waals surface area contributed by atoms with Gasteiger partial charge in [-0.05, 0) is 79.9 Å². The molecule has 10 nitrogen and oxygen atoms in total. The molecule has 206 valence electrons. The number of anilines is 2. The quantitative estimate of drug-likeness (QED) is 0.393. The van der Waals surface area contributed by atoms with Crippen molar-refractivity contribution in [1.82, 2.24) is 0 Å². The van der Waals surface area contributed by atoms with Crippen LogP contribution in [0, 0.1) is 20.8 Å². The summed E-state index contributed by atoms with van der Waals surface area (Å²) in [6.45, 7) is 4.86. The van der Waals surface area contributed by atoms with Crippen molar-refractivity contribution in [2.75, 3.05) is 37.5 Å². The normalized spacial score (nSPS) is 10.9. The first-order valence-electron chi connectivity index (χ1n) is 11.8. The minimum atomic E-state index is -4.29. The lowest BCUT2D eigenvalue weighted by Crippen LogP contribution is -2.38. The maximum Gasteiger partial charge on any atom is 0.337 e. The lowest BCUT2D eigenvalue weighted by Gasteiger charge is -2.26. The Bertz CT molecular complexity index is 1500. The summed E-state index contributed by atoms with van der Waals surface area (Å²) in [5, 5.41) is 2.58. The maximum atomic E-state index is 14.0. The molecule has 0 heterocycles. The number of nitrogens with one attached hydrogen (secondary N) is 1. The minimum absolute atomic E-state index is 0.00108. The monoisotopic (exact) mass is 554 g/mol. The first kappa shape index (κ1) is 29.2. The van der Waals surface area contributed by atoms with Crippen molar-refractivity contribution in [3.8, 4) is 5.75 Å². The van der Waals surface area contributed by atoms with Crippen LogP contribution in [0.2, 0.25) is 0 Å². The lowest BCUT2D eigenvalue weighted by atomic mass is 10.1. The molecule has 0 aliphatic heterocycles. The lowest BCUT2D eigenvalue weighted by molar-refractivity contribution is -0.114. The summed E-state index contributed by atoms with van der Waals surface area (Å²) in [5.41, 5.74) is 2.82. The van der Waals surface area contributed by atoms with Gasteiger partial charge in [0.05, 0.1) is 38.1 Å². The number of hydrogen-bond donors (Lipinski definition) is 1. The summed E-state index contributed by atoms with van der Waals surface area (Å²) in [4.78, 5) is 37.4. The van der Waals surface area contributed by atoms with Crippen molar-refractivity contribution in [3.05, 3.63) is 82.4 Å². The van der Waals surface area contributed by atoms with Crippen LogP contribution in [0.15, 0.2) is 59.5 Å². The Balaban J connectivity index is 2.06. The molecule has 0 bridgehead atoms. The van der Waals surface area contributed by atoms with Crippen LogP contribution in [0.4, 0.5) is 11.4 Å². The van der Waals surface area contributed by atoms with Crippen LogP contribution in [0.3, 0.4) is 0 Å². The van der Waals surface area contributed by atoms with Gasteiger partial charge in [-0.25, -0.2) is 18.0 Å². The van der Waals surface area contributed by atoms with E-state index in [4.69, 9.17) is 14.2 Å². The Hall–Kier alpha value is -4.38. The molecule has 0 unspecified atom stereocenters. The van der Waals surface area contributed by atoms with Crippen LogP contribution in [0.1, 0.15) is 37.4 Å². The molecule has 0 radical (unpaired) electrons. The predicted octanol–water partition coefficient (Wildman–Crippen LogP) is 4.03. The van der Waals surface area contributed by atoms with Gasteiger partial charge in [0, 0.05) is 5.69 Å². The first-order chi connectivity index (χ1) is 18.4. The number of carbonyl (C=O) groups excluding carboxylic acids is 3. The number of benzene rings is 3. The summed E-state index contributed by atoms with van der Waals surface area (Å²) in [6, 6.07) is 13.7. The maximum absolute atomic E-state index is 14.0. The highest BCUT2D eigenvalue weighted by molar-refractivity contribution is 7.93. The number of nitrogens with zero attached hydrogens (tertiary/aromatic N) is 1. The van der Waals surface area contributed by atoms with Gasteiger partial charge >= 0.3 is 11.9 Å². The van der Waals surface area contributed by atoms with E-state index in [1.807, 2.05) is 13.8 Å². The molecule has 3 rings (SSSR count). The fourth-order valence-corrected chi connectivity index (χ4v) is 5.46. The molecular weight excluding hydrogens is 524 g/mol. The zero-order chi connectivity index (χ0) is 28.9. The fourth-order valence-electron chi connectivity index (χ4n) is 3.80. The number of ether oxygens (including phenoxy) is 3. The number of hydrogen-bond acceptors (Lipinski definition) is 8. The van der Waals surface area contributed by atoms with Gasteiger partial charge in [-0.15, -0.1) is 0 Å². The van der Waals surface area contributed by atoms with Gasteiger partial charge in [-0.1, -0.05) is 12.1 Å². The molecule has 39 heavy (non-hydrogen) atoms. The predicted molar refractivity (Wildman–Crippen MR) is 146 cm³/mol. The van der Waals surface area contributed by atoms with E-state index in [-0.39, 0.29) is 33.1 Å². The zero-order valence-electron chi connectivity index (χ0n) is 22.5. The second-order valence-electron chi connectivity index (χ2n) is 8.76. The molecule has 0 atom stereocenters. The van der Waals surface area contributed by atoms with E-state index >= 15 is 0 Å². The van der Waals surface area contributed by atoms with Crippen LogP contribution in [-0.2, 0) is 24.3 Å². The Kier molecular flexibility index (Phi) is 8.97. The summed E-state index contributed by atoms with van der Waals surface area (Å²) in [6.07, 6.45) is 0. The van der Waals surface area contributed by atoms with Crippen LogP contribution < -0.4 is 14.4 Å². The third-order valence-electron chi connectivity index (χ3n) is 6.01. The Morgan fingerprint density at radius 2 is 1.41 bits per heavy atom. The van der Waals surface area contributed by atoms with E-state index in [1.54, 1.807) is 37.3 Å². The first-order valence-corrected chi connectivity index (χ1v) is 13.2. The molecule has 0 saturated carbocycles. The van der Waals surface area contributed by atoms with E-state index in [2.05, 4.69) is 5.32 Å². The number of amides is 1. The van der Waals surface area contributed by atoms with Gasteiger partial charge in [-0.3, -0.25) is 9.10 Å². The summed E-state index contributed by atoms with van der Waals surface area (Å²) in [7, 11) is -0.567. The molecule has 0 aliphatic carbocycles. The number of esters is 2. The van der Waals surface area contributed by atoms with E-state index in [0.29, 0.717) is 5.56 Å². The Morgan fingerprint density at radius 1 is 0.795 bits per heavy atom. The smallest absolute Gasteiger partial charge is 0.337 e. The van der Waals surface area contributed by atoms with Gasteiger partial charge in [0.2, 0.25) is 5.91 Å². The van der Waals surface area contributed by atoms with Gasteiger partial charge < -0.3 is 19.5 Å². The molecule has 3 aromatic carbocycles. The summed E-state index contributed by atoms with van der Waals surface area (Å²) >= 11 is 0. The SMILES string of the molecule is COC(=O)c1cc(NC(=O)CN(c2ccc(C)c(C)c2)S(=O)(=O)c2cc(C)ccc2OC)cc(C(=O)OC)c1. The number of sulfonamides is 1. The molecule has 11 heteroatoms. The van der Waals surface area contributed by atoms with Gasteiger partial charge in [0.25, 0.3) is 10.0 Å². The highest BCUT2D eigenvalue weighted by atomic mass is 32.2. The molecule has 1 amide bonds. The van der Waals surface area contributed by atoms with Gasteiger partial charge in [0.1, 0.15) is 17.2 Å². The van der Waals surface area contributed by atoms with E-state index < -0.39 is 34.4 Å². The molecule has 3 aromatic rings. The molecule has 0 fully saturated rings. The van der Waals surface area contributed by atoms with E-state index in [0.717, 1.165) is 15.4 Å². The average Bonchev–Trinajstić information content (AvgIpc) is 2.92. The van der Waals surface area contributed by atoms with Crippen molar-refractivity contribution in [1.29, 1.82) is 0 Å². The van der Waals surface area contributed by atoms with Crippen molar-refractivity contribution in [2.45, 2.75) is 25.7 Å². The number of methoxy groups -OCH3 is 3. The highest BCUT2D eigenvalue weighted by Gasteiger charge is 2.30. The van der Waals surface area contributed by atoms with Gasteiger partial charge in [0.15, 0.2) is 0 Å². The fraction of sp³-hybridized carbons (Fsp3) is 0.250. The summed E-state index contributed by atoms with van der Waals surface area (Å²) < 4.78 is 43.7. The molecule has 0 aromatic heterocycles. The summed E-state index contributed by atoms with van der Waals surface area (Å²) in [5.74, 6) is -2.06. The van der Waals surface area contributed by atoms with Gasteiger partial charge in [-0.2, -0.15) is 0 Å². The van der Waals surface area contributed by atoms with Crippen molar-refractivity contribution in [2.24, 2.45) is 0 Å². The average molecular weight is 555 g/mol. The molecular formula is C28H30N2O8S. The second kappa shape index (κ2) is 12.0. The zero-order valence-corrected chi connectivity index (χ0v) is 23.3. The number of aryl methyl sites for hydroxylation is 3. The van der Waals surface area contributed by atoms with Crippen LogP contribution in [0.25, 0.3) is 0 Å². The van der Waals surface area contributed by atoms with Crippen LogP contribution in [0.5, 0.6) is 5.75 Å². The molecule has 0 saturated heterocycles. The number of carbonyl (C=O) groups is 3. The topological polar surface area (TPSA) is 128 Å². The molecule has 0 spiro atoms. The number of rotatable bonds is 9. The third-order valence-corrected chi connectivity index (χ3v) is 7.81. The van der Waals surface area contributed by atoms with Crippen molar-refractivity contribution < 1.29 is 37.0 Å². The highest BCUT2D eigenvalue weighted by Crippen LogP contribution is 2.32. The third kappa shape index (κ3) is 6.55. The molecule has 1 N–H and O–H groups in total. The van der Waals surface area contributed by atoms with Crippen LogP contribution in [-0.4, -0.2) is 54.1 Å². The van der Waals surface area contributed by atoms with E-state index in [9.17, 15) is 22.8 Å². The standard InChI is InChI=1S/C28H30N2O8S/c1-17-7-10-24(36-4)25(11-17)39(34,35)30(23-9-8-18(2)19(3)12-23)16-26(31)29-22-14-20(27(32)37-5)13-21(15-22)28(33)38-6/h7-15H,16H2,1-6H3,(H,29,31). The Labute approximate surface area is 227 Å². The largest absolute Gasteiger partial charge is 0.495 e. The molecule has 0 aliphatic rings. The minimum Gasteiger partial charge on any atom is -0.495 e. The van der Waals surface area contributed by atoms with Crippen molar-refractivity contribution in [3.63, 3.8) is 0 Å². The van der Waals surface area contributed by atoms with Crippen LogP contribution >= 0.6 is 0 Å². The second-order valence-corrected chi connectivity index (χ2v) is 10.6.